The molecule has 1 N–H and O–H groups in total. The quantitative estimate of drug-likeness (QED) is 0.110. The van der Waals surface area contributed by atoms with E-state index in [0.717, 1.165) is 77.1 Å². The van der Waals surface area contributed by atoms with Crippen LogP contribution in [0.15, 0.2) is 18.3 Å². The summed E-state index contributed by atoms with van der Waals surface area (Å²) in [4.78, 5) is 36.0. The summed E-state index contributed by atoms with van der Waals surface area (Å²) in [6.07, 6.45) is 20.1. The zero-order valence-electron chi connectivity index (χ0n) is 24.8. The van der Waals surface area contributed by atoms with Gasteiger partial charge in [-0.05, 0) is 37.9 Å². The van der Waals surface area contributed by atoms with Crippen molar-refractivity contribution >= 4 is 11.7 Å². The lowest BCUT2D eigenvalue weighted by molar-refractivity contribution is -0.757. The van der Waals surface area contributed by atoms with Gasteiger partial charge in [-0.15, -0.1) is 10.1 Å². The Kier molecular flexibility index (Phi) is 18.2. The second-order valence-corrected chi connectivity index (χ2v) is 11.0. The lowest BCUT2D eigenvalue weighted by atomic mass is 10.0. The van der Waals surface area contributed by atoms with Crippen LogP contribution in [0.2, 0.25) is 0 Å². The second-order valence-electron chi connectivity index (χ2n) is 11.0. The number of quaternary nitrogens is 1. The van der Waals surface area contributed by atoms with Gasteiger partial charge in [0.1, 0.15) is 5.82 Å². The molecule has 0 spiro atoms. The Morgan fingerprint density at radius 1 is 0.850 bits per heavy atom. The van der Waals surface area contributed by atoms with Crippen LogP contribution >= 0.6 is 0 Å². The molecule has 40 heavy (non-hydrogen) atoms. The van der Waals surface area contributed by atoms with E-state index < -0.39 is 11.0 Å². The number of hydroxylamine groups is 2. The second kappa shape index (κ2) is 21.4. The first-order chi connectivity index (χ1) is 19.5. The Bertz CT molecular complexity index is 802. The van der Waals surface area contributed by atoms with Gasteiger partial charge in [0.05, 0.1) is 18.7 Å². The molecule has 0 aliphatic carbocycles. The molecule has 0 radical (unpaired) electrons. The maximum atomic E-state index is 12.5. The number of carbonyl (C=O) groups excluding carboxylic acids is 1. The van der Waals surface area contributed by atoms with Crippen LogP contribution in [0.4, 0.5) is 5.82 Å². The fourth-order valence-corrected chi connectivity index (χ4v) is 5.28. The average Bonchev–Trinajstić information content (AvgIpc) is 2.97. The van der Waals surface area contributed by atoms with E-state index in [1.54, 1.807) is 12.3 Å². The third-order valence-electron chi connectivity index (χ3n) is 7.90. The molecule has 1 aromatic heterocycles. The first-order valence-electron chi connectivity index (χ1n) is 15.8. The van der Waals surface area contributed by atoms with Crippen molar-refractivity contribution in [3.8, 4) is 0 Å². The summed E-state index contributed by atoms with van der Waals surface area (Å²) >= 11 is 0. The third kappa shape index (κ3) is 14.9. The van der Waals surface area contributed by atoms with Crippen LogP contribution in [-0.4, -0.2) is 66.8 Å². The van der Waals surface area contributed by atoms with Gasteiger partial charge < -0.3 is 24.9 Å². The highest BCUT2D eigenvalue weighted by Gasteiger charge is 2.19. The smallest absolute Gasteiger partial charge is 0.345 e. The SMILES string of the molecule is CCN1CCN(c2ccc(C(=O)[NH+]([O-])CCCCCCCCCCCCCCCCCCO[N+](=O)[O-])cn2)CC1. The van der Waals surface area contributed by atoms with E-state index in [4.69, 9.17) is 0 Å². The van der Waals surface area contributed by atoms with E-state index in [0.29, 0.717) is 12.1 Å². The molecule has 2 rings (SSSR count). The highest BCUT2D eigenvalue weighted by Crippen LogP contribution is 2.15. The Morgan fingerprint density at radius 3 is 1.80 bits per heavy atom. The molecule has 1 saturated heterocycles. The lowest BCUT2D eigenvalue weighted by Crippen LogP contribution is -3.10. The van der Waals surface area contributed by atoms with Gasteiger partial charge in [0.15, 0.2) is 0 Å². The van der Waals surface area contributed by atoms with Gasteiger partial charge in [0.2, 0.25) is 0 Å². The van der Waals surface area contributed by atoms with Crippen LogP contribution in [0.3, 0.4) is 0 Å². The molecule has 1 fully saturated rings. The largest absolute Gasteiger partial charge is 0.626 e. The standard InChI is InChI=1S/C30H53N5O5/c1-2-32-22-24-33(25-23-32)29-20-19-28(27-31-29)30(36)34(37)21-17-15-13-11-9-7-5-3-4-6-8-10-12-14-16-18-26-40-35(38)39/h19-20,27,34H,2-18,21-26H2,1H3. The van der Waals surface area contributed by atoms with Crippen LogP contribution in [0, 0.1) is 15.3 Å². The van der Waals surface area contributed by atoms with E-state index in [2.05, 4.69) is 26.5 Å². The fraction of sp³-hybridized carbons (Fsp3) is 0.800. The van der Waals surface area contributed by atoms with Gasteiger partial charge in [0, 0.05) is 32.4 Å². The van der Waals surface area contributed by atoms with E-state index in [1.807, 2.05) is 6.07 Å². The van der Waals surface area contributed by atoms with Crippen molar-refractivity contribution in [2.45, 2.75) is 110 Å². The molecule has 1 aromatic rings. The topological polar surface area (TPSA) is 116 Å². The molecule has 1 aliphatic rings. The summed E-state index contributed by atoms with van der Waals surface area (Å²) in [6.45, 7) is 7.71. The highest BCUT2D eigenvalue weighted by atomic mass is 16.9. The molecular weight excluding hydrogens is 510 g/mol. The van der Waals surface area contributed by atoms with Gasteiger partial charge in [-0.1, -0.05) is 90.4 Å². The first-order valence-corrected chi connectivity index (χ1v) is 15.8. The minimum absolute atomic E-state index is 0.221. The van der Waals surface area contributed by atoms with Crippen molar-refractivity contribution in [3.63, 3.8) is 0 Å². The monoisotopic (exact) mass is 563 g/mol. The number of amides is 1. The van der Waals surface area contributed by atoms with E-state index in [1.165, 1.54) is 64.2 Å². The van der Waals surface area contributed by atoms with E-state index in [9.17, 15) is 20.1 Å². The van der Waals surface area contributed by atoms with Gasteiger partial charge >= 0.3 is 5.91 Å². The number of hydrogen-bond donors (Lipinski definition) is 1. The summed E-state index contributed by atoms with van der Waals surface area (Å²) in [7, 11) is 0. The van der Waals surface area contributed by atoms with E-state index >= 15 is 0 Å². The maximum Gasteiger partial charge on any atom is 0.345 e. The number of carbonyl (C=O) groups is 1. The Hall–Kier alpha value is -2.30. The van der Waals surface area contributed by atoms with Crippen molar-refractivity contribution in [2.75, 3.05) is 50.8 Å². The molecular formula is C30H53N5O5. The van der Waals surface area contributed by atoms with Crippen LogP contribution in [0.25, 0.3) is 0 Å². The number of likely N-dealkylation sites (N-methyl/N-ethyl adjacent to an activating group) is 1. The molecule has 10 nitrogen and oxygen atoms in total. The Labute approximate surface area is 241 Å². The summed E-state index contributed by atoms with van der Waals surface area (Å²) in [5, 5.41) is 21.4. The summed E-state index contributed by atoms with van der Waals surface area (Å²) in [5.41, 5.74) is 0.402. The Balaban J connectivity index is 1.38. The number of hydrogen-bond acceptors (Lipinski definition) is 8. The van der Waals surface area contributed by atoms with Crippen molar-refractivity contribution < 1.29 is 19.8 Å². The average molecular weight is 564 g/mol. The lowest BCUT2D eigenvalue weighted by Gasteiger charge is -2.34. The van der Waals surface area contributed by atoms with E-state index in [-0.39, 0.29) is 11.7 Å². The zero-order valence-corrected chi connectivity index (χ0v) is 24.8. The number of anilines is 1. The van der Waals surface area contributed by atoms with Gasteiger partial charge in [0.25, 0.3) is 5.09 Å². The molecule has 0 bridgehead atoms. The van der Waals surface area contributed by atoms with Crippen LogP contribution < -0.4 is 9.96 Å². The molecule has 228 valence electrons. The number of rotatable bonds is 23. The summed E-state index contributed by atoms with van der Waals surface area (Å²) in [5.74, 6) is 0.471. The molecule has 1 amide bonds. The van der Waals surface area contributed by atoms with Crippen LogP contribution in [0.5, 0.6) is 0 Å². The minimum atomic E-state index is -0.718. The fourth-order valence-electron chi connectivity index (χ4n) is 5.28. The third-order valence-corrected chi connectivity index (χ3v) is 7.90. The molecule has 0 aromatic carbocycles. The van der Waals surface area contributed by atoms with Crippen LogP contribution in [-0.2, 0) is 4.84 Å². The molecule has 2 heterocycles. The molecule has 1 unspecified atom stereocenters. The van der Waals surface area contributed by atoms with Gasteiger partial charge in [-0.25, -0.2) is 9.78 Å². The zero-order chi connectivity index (χ0) is 28.8. The minimum Gasteiger partial charge on any atom is -0.626 e. The van der Waals surface area contributed by atoms with Crippen molar-refractivity contribution in [1.82, 2.24) is 9.88 Å². The highest BCUT2D eigenvalue weighted by molar-refractivity contribution is 5.87. The summed E-state index contributed by atoms with van der Waals surface area (Å²) < 4.78 is 0. The maximum absolute atomic E-state index is 12.5. The van der Waals surface area contributed by atoms with Gasteiger partial charge in [-0.3, -0.25) is 0 Å². The number of piperazine rings is 1. The predicted octanol–water partition coefficient (Wildman–Crippen LogP) is 5.20. The number of nitrogens with zero attached hydrogens (tertiary/aromatic N) is 4. The number of unbranched alkanes of at least 4 members (excludes halogenated alkanes) is 15. The predicted molar refractivity (Wildman–Crippen MR) is 159 cm³/mol. The van der Waals surface area contributed by atoms with Crippen molar-refractivity contribution in [1.29, 1.82) is 0 Å². The molecule has 1 aliphatic heterocycles. The summed E-state index contributed by atoms with van der Waals surface area (Å²) in [6, 6.07) is 3.62. The normalized spacial score (nSPS) is 14.8. The number of nitrogens with one attached hydrogen (secondary N) is 1. The number of pyridine rings is 1. The van der Waals surface area contributed by atoms with Crippen molar-refractivity contribution in [3.05, 3.63) is 39.2 Å². The molecule has 10 heteroatoms. The first kappa shape index (κ1) is 33.9. The van der Waals surface area contributed by atoms with Gasteiger partial charge in [-0.2, -0.15) is 0 Å². The molecule has 0 saturated carbocycles. The van der Waals surface area contributed by atoms with Crippen LogP contribution in [0.1, 0.15) is 120 Å². The Morgan fingerprint density at radius 2 is 1.35 bits per heavy atom. The number of aromatic nitrogens is 1. The van der Waals surface area contributed by atoms with Crippen molar-refractivity contribution in [2.24, 2.45) is 0 Å². The molecule has 1 atom stereocenters.